The summed E-state index contributed by atoms with van der Waals surface area (Å²) in [6.45, 7) is 5.73. The number of hydrogen-bond donors (Lipinski definition) is 2. The molecule has 1 saturated heterocycles. The van der Waals surface area contributed by atoms with Gasteiger partial charge >= 0.3 is 6.09 Å². The summed E-state index contributed by atoms with van der Waals surface area (Å²) in [4.78, 5) is 27.2. The number of para-hydroxylation sites is 2. The van der Waals surface area contributed by atoms with Gasteiger partial charge in [-0.05, 0) is 49.4 Å². The van der Waals surface area contributed by atoms with Crippen molar-refractivity contribution >= 4 is 23.4 Å². The van der Waals surface area contributed by atoms with Crippen molar-refractivity contribution in [3.63, 3.8) is 0 Å². The third-order valence-corrected chi connectivity index (χ3v) is 6.17. The number of carbonyl (C=O) groups is 2. The summed E-state index contributed by atoms with van der Waals surface area (Å²) in [6, 6.07) is 23.6. The van der Waals surface area contributed by atoms with Gasteiger partial charge in [-0.3, -0.25) is 15.0 Å². The Morgan fingerprint density at radius 2 is 1.50 bits per heavy atom. The Morgan fingerprint density at radius 3 is 2.21 bits per heavy atom. The molecule has 3 aromatic rings. The highest BCUT2D eigenvalue weighted by Crippen LogP contribution is 2.28. The van der Waals surface area contributed by atoms with Crippen molar-refractivity contribution in [3.8, 4) is 11.1 Å². The second-order valence-electron chi connectivity index (χ2n) is 8.73. The van der Waals surface area contributed by atoms with E-state index in [0.717, 1.165) is 33.6 Å². The standard InChI is InChI=1S/C28H31N3O3/c1-20-9-8-10-21(2)27(20)30-26(32)19-31-17-15-23(16-18-31)34-28(33)29-25-14-7-6-13-24(25)22-11-4-3-5-12-22/h3-14,23H,15-19H2,1-2H3,(H,29,33)(H,30,32). The van der Waals surface area contributed by atoms with Gasteiger partial charge in [-0.15, -0.1) is 0 Å². The van der Waals surface area contributed by atoms with E-state index < -0.39 is 6.09 Å². The Labute approximate surface area is 200 Å². The molecule has 0 aliphatic carbocycles. The highest BCUT2D eigenvalue weighted by atomic mass is 16.6. The lowest BCUT2D eigenvalue weighted by molar-refractivity contribution is -0.117. The fraction of sp³-hybridized carbons (Fsp3) is 0.286. The zero-order valence-electron chi connectivity index (χ0n) is 19.7. The van der Waals surface area contributed by atoms with Crippen molar-refractivity contribution in [2.75, 3.05) is 30.3 Å². The average Bonchev–Trinajstić information content (AvgIpc) is 2.84. The van der Waals surface area contributed by atoms with Crippen molar-refractivity contribution in [3.05, 3.63) is 83.9 Å². The topological polar surface area (TPSA) is 70.7 Å². The Bertz CT molecular complexity index is 1120. The quantitative estimate of drug-likeness (QED) is 0.504. The van der Waals surface area contributed by atoms with Crippen LogP contribution in [0.4, 0.5) is 16.2 Å². The van der Waals surface area contributed by atoms with Gasteiger partial charge in [0.1, 0.15) is 6.10 Å². The zero-order valence-corrected chi connectivity index (χ0v) is 19.7. The molecule has 1 heterocycles. The van der Waals surface area contributed by atoms with E-state index in [9.17, 15) is 9.59 Å². The van der Waals surface area contributed by atoms with E-state index in [4.69, 9.17) is 4.74 Å². The van der Waals surface area contributed by atoms with E-state index in [1.54, 1.807) is 0 Å². The van der Waals surface area contributed by atoms with Crippen molar-refractivity contribution in [1.29, 1.82) is 0 Å². The van der Waals surface area contributed by atoms with Crippen LogP contribution in [-0.2, 0) is 9.53 Å². The number of nitrogens with one attached hydrogen (secondary N) is 2. The predicted molar refractivity (Wildman–Crippen MR) is 136 cm³/mol. The van der Waals surface area contributed by atoms with E-state index in [0.29, 0.717) is 32.5 Å². The number of rotatable bonds is 6. The fourth-order valence-electron chi connectivity index (χ4n) is 4.33. The van der Waals surface area contributed by atoms with Crippen LogP contribution in [0.5, 0.6) is 0 Å². The lowest BCUT2D eigenvalue weighted by atomic mass is 10.0. The lowest BCUT2D eigenvalue weighted by Gasteiger charge is -2.31. The number of aryl methyl sites for hydroxylation is 2. The number of carbonyl (C=O) groups excluding carboxylic acids is 2. The summed E-state index contributed by atoms with van der Waals surface area (Å²) in [5.74, 6) is -0.0213. The summed E-state index contributed by atoms with van der Waals surface area (Å²) in [5, 5.41) is 5.94. The monoisotopic (exact) mass is 457 g/mol. The molecular formula is C28H31N3O3. The number of piperidine rings is 1. The molecular weight excluding hydrogens is 426 g/mol. The number of anilines is 2. The maximum absolute atomic E-state index is 12.6. The van der Waals surface area contributed by atoms with E-state index >= 15 is 0 Å². The molecule has 3 aromatic carbocycles. The summed E-state index contributed by atoms with van der Waals surface area (Å²) in [5.41, 5.74) is 5.70. The molecule has 1 aliphatic rings. The highest BCUT2D eigenvalue weighted by Gasteiger charge is 2.24. The van der Waals surface area contributed by atoms with Crippen LogP contribution in [0.2, 0.25) is 0 Å². The minimum absolute atomic E-state index is 0.0213. The summed E-state index contributed by atoms with van der Waals surface area (Å²) in [7, 11) is 0. The van der Waals surface area contributed by atoms with Crippen LogP contribution in [0, 0.1) is 13.8 Å². The van der Waals surface area contributed by atoms with E-state index in [-0.39, 0.29) is 12.0 Å². The Balaban J connectivity index is 1.26. The first kappa shape index (κ1) is 23.5. The first-order chi connectivity index (χ1) is 16.5. The van der Waals surface area contributed by atoms with Crippen molar-refractivity contribution in [1.82, 2.24) is 4.90 Å². The van der Waals surface area contributed by atoms with E-state index in [1.807, 2.05) is 86.6 Å². The maximum atomic E-state index is 12.6. The first-order valence-corrected chi connectivity index (χ1v) is 11.7. The summed E-state index contributed by atoms with van der Waals surface area (Å²) >= 11 is 0. The predicted octanol–water partition coefficient (Wildman–Crippen LogP) is 5.62. The largest absolute Gasteiger partial charge is 0.446 e. The number of ether oxygens (including phenoxy) is 1. The SMILES string of the molecule is Cc1cccc(C)c1NC(=O)CN1CCC(OC(=O)Nc2ccccc2-c2ccccc2)CC1. The lowest BCUT2D eigenvalue weighted by Crippen LogP contribution is -2.42. The van der Waals surface area contributed by atoms with Gasteiger partial charge in [0, 0.05) is 24.3 Å². The second kappa shape index (κ2) is 11.0. The normalized spacial score (nSPS) is 14.4. The molecule has 0 saturated carbocycles. The van der Waals surface area contributed by atoms with Gasteiger partial charge in [-0.1, -0.05) is 66.7 Å². The molecule has 2 N–H and O–H groups in total. The van der Waals surface area contributed by atoms with E-state index in [2.05, 4.69) is 15.5 Å². The minimum atomic E-state index is -0.449. The van der Waals surface area contributed by atoms with Crippen LogP contribution in [0.3, 0.4) is 0 Å². The minimum Gasteiger partial charge on any atom is -0.446 e. The molecule has 2 amide bonds. The fourth-order valence-corrected chi connectivity index (χ4v) is 4.33. The molecule has 34 heavy (non-hydrogen) atoms. The van der Waals surface area contributed by atoms with Crippen LogP contribution in [-0.4, -0.2) is 42.6 Å². The van der Waals surface area contributed by atoms with Gasteiger partial charge in [-0.25, -0.2) is 4.79 Å². The van der Waals surface area contributed by atoms with Crippen LogP contribution >= 0.6 is 0 Å². The van der Waals surface area contributed by atoms with Crippen LogP contribution in [0.15, 0.2) is 72.8 Å². The van der Waals surface area contributed by atoms with Crippen molar-refractivity contribution < 1.29 is 14.3 Å². The molecule has 6 heteroatoms. The van der Waals surface area contributed by atoms with Crippen LogP contribution < -0.4 is 10.6 Å². The Hall–Kier alpha value is -3.64. The molecule has 1 fully saturated rings. The van der Waals surface area contributed by atoms with Crippen LogP contribution in [0.25, 0.3) is 11.1 Å². The smallest absolute Gasteiger partial charge is 0.411 e. The Morgan fingerprint density at radius 1 is 0.853 bits per heavy atom. The van der Waals surface area contributed by atoms with Crippen molar-refractivity contribution in [2.45, 2.75) is 32.8 Å². The van der Waals surface area contributed by atoms with Gasteiger partial charge in [0.25, 0.3) is 0 Å². The molecule has 1 aliphatic heterocycles. The highest BCUT2D eigenvalue weighted by molar-refractivity contribution is 5.94. The molecule has 0 unspecified atom stereocenters. The molecule has 0 atom stereocenters. The van der Waals surface area contributed by atoms with Gasteiger partial charge < -0.3 is 10.1 Å². The number of hydrogen-bond acceptors (Lipinski definition) is 4. The second-order valence-corrected chi connectivity index (χ2v) is 8.73. The van der Waals surface area contributed by atoms with Gasteiger partial charge in [0.05, 0.1) is 12.2 Å². The number of amides is 2. The first-order valence-electron chi connectivity index (χ1n) is 11.7. The average molecular weight is 458 g/mol. The van der Waals surface area contributed by atoms with Gasteiger partial charge in [-0.2, -0.15) is 0 Å². The van der Waals surface area contributed by atoms with E-state index in [1.165, 1.54) is 0 Å². The number of benzene rings is 3. The zero-order chi connectivity index (χ0) is 23.9. The third kappa shape index (κ3) is 6.02. The summed E-state index contributed by atoms with van der Waals surface area (Å²) < 4.78 is 5.69. The summed E-state index contributed by atoms with van der Waals surface area (Å²) in [6.07, 6.45) is 0.783. The van der Waals surface area contributed by atoms with Crippen LogP contribution in [0.1, 0.15) is 24.0 Å². The molecule has 0 spiro atoms. The third-order valence-electron chi connectivity index (χ3n) is 6.17. The molecule has 176 valence electrons. The maximum Gasteiger partial charge on any atom is 0.411 e. The van der Waals surface area contributed by atoms with Crippen molar-refractivity contribution in [2.24, 2.45) is 0 Å². The molecule has 4 rings (SSSR count). The molecule has 6 nitrogen and oxygen atoms in total. The van der Waals surface area contributed by atoms with Gasteiger partial charge in [0.15, 0.2) is 0 Å². The molecule has 0 bridgehead atoms. The van der Waals surface area contributed by atoms with Gasteiger partial charge in [0.2, 0.25) is 5.91 Å². The molecule has 0 radical (unpaired) electrons. The number of likely N-dealkylation sites (tertiary alicyclic amines) is 1. The number of nitrogens with zero attached hydrogens (tertiary/aromatic N) is 1. The molecule has 0 aromatic heterocycles. The Kier molecular flexibility index (Phi) is 7.60.